The molecule has 0 bridgehead atoms. The van der Waals surface area contributed by atoms with E-state index in [1.807, 2.05) is 44.4 Å². The summed E-state index contributed by atoms with van der Waals surface area (Å²) < 4.78 is 12.5. The summed E-state index contributed by atoms with van der Waals surface area (Å²) in [5.41, 5.74) is 3.04. The molecule has 0 N–H and O–H groups in total. The summed E-state index contributed by atoms with van der Waals surface area (Å²) in [6.07, 6.45) is 0. The van der Waals surface area contributed by atoms with Crippen molar-refractivity contribution in [3.8, 4) is 33.5 Å². The summed E-state index contributed by atoms with van der Waals surface area (Å²) in [6, 6.07) is 13.9. The highest BCUT2D eigenvalue weighted by atomic mass is 32.1. The van der Waals surface area contributed by atoms with Crippen molar-refractivity contribution in [1.82, 2.24) is 19.8 Å². The quantitative estimate of drug-likeness (QED) is 0.526. The normalized spacial score (nSPS) is 11.0. The third kappa shape index (κ3) is 3.08. The van der Waals surface area contributed by atoms with E-state index < -0.39 is 0 Å². The number of methoxy groups -OCH3 is 2. The van der Waals surface area contributed by atoms with Crippen LogP contribution in [-0.4, -0.2) is 48.1 Å². The van der Waals surface area contributed by atoms with Crippen molar-refractivity contribution in [2.24, 2.45) is 0 Å². The first-order chi connectivity index (χ1) is 13.1. The van der Waals surface area contributed by atoms with Gasteiger partial charge in [-0.25, -0.2) is 0 Å². The topological polar surface area (TPSA) is 64.8 Å². The lowest BCUT2D eigenvalue weighted by Gasteiger charge is -2.12. The van der Waals surface area contributed by atoms with Crippen molar-refractivity contribution in [2.75, 3.05) is 33.2 Å². The van der Waals surface area contributed by atoms with E-state index in [4.69, 9.17) is 14.6 Å². The summed E-state index contributed by atoms with van der Waals surface area (Å²) >= 11 is 1.48. The molecule has 0 radical (unpaired) electrons. The Morgan fingerprint density at radius 3 is 2.26 bits per heavy atom. The molecule has 2 aromatic carbocycles. The van der Waals surface area contributed by atoms with Crippen LogP contribution >= 0.6 is 11.3 Å². The van der Waals surface area contributed by atoms with Crippen molar-refractivity contribution in [3.05, 3.63) is 42.5 Å². The third-order valence-corrected chi connectivity index (χ3v) is 5.21. The predicted molar refractivity (Wildman–Crippen MR) is 107 cm³/mol. The van der Waals surface area contributed by atoms with Gasteiger partial charge in [-0.15, -0.1) is 10.2 Å². The van der Waals surface area contributed by atoms with Gasteiger partial charge in [0.25, 0.3) is 0 Å². The molecule has 2 heterocycles. The van der Waals surface area contributed by atoms with Crippen LogP contribution in [0.25, 0.3) is 26.9 Å². The Labute approximate surface area is 160 Å². The second-order valence-corrected chi connectivity index (χ2v) is 7.09. The van der Waals surface area contributed by atoms with E-state index in [1.165, 1.54) is 11.3 Å². The third-order valence-electron chi connectivity index (χ3n) is 4.26. The highest BCUT2D eigenvalue weighted by Crippen LogP contribution is 2.34. The highest BCUT2D eigenvalue weighted by Gasteiger charge is 2.16. The number of nitrogens with zero attached hydrogens (tertiary/aromatic N) is 5. The molecule has 4 rings (SSSR count). The van der Waals surface area contributed by atoms with E-state index in [2.05, 4.69) is 27.2 Å². The SMILES string of the molecule is COc1ccc(-c2nn3c(-c4ccc(N(C)C)cc4)nnc3s2)cc1OC. The maximum Gasteiger partial charge on any atom is 0.235 e. The lowest BCUT2D eigenvalue weighted by Crippen LogP contribution is -2.08. The van der Waals surface area contributed by atoms with Gasteiger partial charge in [0.15, 0.2) is 17.3 Å². The van der Waals surface area contributed by atoms with E-state index >= 15 is 0 Å². The zero-order valence-electron chi connectivity index (χ0n) is 15.5. The number of fused-ring (bicyclic) bond motifs is 1. The molecule has 0 unspecified atom stereocenters. The fourth-order valence-corrected chi connectivity index (χ4v) is 3.63. The predicted octanol–water partition coefficient (Wildman–Crippen LogP) is 3.60. The Bertz CT molecular complexity index is 1090. The molecule has 138 valence electrons. The second kappa shape index (κ2) is 6.88. The van der Waals surface area contributed by atoms with E-state index in [0.717, 1.165) is 32.6 Å². The summed E-state index contributed by atoms with van der Waals surface area (Å²) in [6.45, 7) is 0. The Hall–Kier alpha value is -3.13. The first-order valence-corrected chi connectivity index (χ1v) is 9.14. The van der Waals surface area contributed by atoms with E-state index in [-0.39, 0.29) is 0 Å². The number of hydrogen-bond acceptors (Lipinski definition) is 7. The van der Waals surface area contributed by atoms with Gasteiger partial charge in [-0.2, -0.15) is 9.61 Å². The minimum atomic E-state index is 0.667. The lowest BCUT2D eigenvalue weighted by molar-refractivity contribution is 0.355. The van der Waals surface area contributed by atoms with Crippen molar-refractivity contribution in [2.45, 2.75) is 0 Å². The van der Waals surface area contributed by atoms with Gasteiger partial charge >= 0.3 is 0 Å². The lowest BCUT2D eigenvalue weighted by atomic mass is 10.2. The van der Waals surface area contributed by atoms with E-state index in [0.29, 0.717) is 11.5 Å². The number of ether oxygens (including phenoxy) is 2. The molecule has 27 heavy (non-hydrogen) atoms. The van der Waals surface area contributed by atoms with E-state index in [9.17, 15) is 0 Å². The average Bonchev–Trinajstić information content (AvgIpc) is 3.28. The fourth-order valence-electron chi connectivity index (χ4n) is 2.79. The molecule has 0 fully saturated rings. The summed E-state index contributed by atoms with van der Waals surface area (Å²) in [5, 5.41) is 14.1. The average molecular weight is 381 g/mol. The number of rotatable bonds is 5. The van der Waals surface area contributed by atoms with Crippen molar-refractivity contribution in [1.29, 1.82) is 0 Å². The molecule has 7 nitrogen and oxygen atoms in total. The molecule has 4 aromatic rings. The molecule has 0 aliphatic rings. The van der Waals surface area contributed by atoms with Gasteiger partial charge in [0.2, 0.25) is 4.96 Å². The largest absolute Gasteiger partial charge is 0.493 e. The zero-order chi connectivity index (χ0) is 19.0. The smallest absolute Gasteiger partial charge is 0.235 e. The van der Waals surface area contributed by atoms with Gasteiger partial charge < -0.3 is 14.4 Å². The van der Waals surface area contributed by atoms with Gasteiger partial charge in [-0.1, -0.05) is 11.3 Å². The van der Waals surface area contributed by atoms with Crippen LogP contribution in [0.5, 0.6) is 11.5 Å². The number of aromatic nitrogens is 4. The van der Waals surface area contributed by atoms with Gasteiger partial charge in [-0.05, 0) is 42.5 Å². The fraction of sp³-hybridized carbons (Fsp3) is 0.211. The Morgan fingerprint density at radius 2 is 1.59 bits per heavy atom. The maximum atomic E-state index is 5.39. The zero-order valence-corrected chi connectivity index (χ0v) is 16.3. The van der Waals surface area contributed by atoms with Crippen LogP contribution in [-0.2, 0) is 0 Å². The van der Waals surface area contributed by atoms with Crippen LogP contribution in [0, 0.1) is 0 Å². The monoisotopic (exact) mass is 381 g/mol. The van der Waals surface area contributed by atoms with Crippen LogP contribution < -0.4 is 14.4 Å². The highest BCUT2D eigenvalue weighted by molar-refractivity contribution is 7.19. The first-order valence-electron chi connectivity index (χ1n) is 8.33. The molecular weight excluding hydrogens is 362 g/mol. The number of anilines is 1. The molecule has 0 aliphatic heterocycles. The molecule has 0 saturated carbocycles. The minimum absolute atomic E-state index is 0.667. The number of hydrogen-bond donors (Lipinski definition) is 0. The molecule has 0 atom stereocenters. The molecule has 0 amide bonds. The molecule has 0 spiro atoms. The van der Waals surface area contributed by atoms with Gasteiger partial charge in [0.05, 0.1) is 14.2 Å². The van der Waals surface area contributed by atoms with Crippen molar-refractivity contribution < 1.29 is 9.47 Å². The molecule has 0 aliphatic carbocycles. The molecule has 0 saturated heterocycles. The summed E-state index contributed by atoms with van der Waals surface area (Å²) in [5.74, 6) is 2.07. The van der Waals surface area contributed by atoms with Gasteiger partial charge in [0, 0.05) is 30.9 Å². The summed E-state index contributed by atoms with van der Waals surface area (Å²) in [7, 11) is 7.27. The van der Waals surface area contributed by atoms with Crippen molar-refractivity contribution >= 4 is 22.0 Å². The Morgan fingerprint density at radius 1 is 0.889 bits per heavy atom. The first kappa shape index (κ1) is 17.3. The van der Waals surface area contributed by atoms with Gasteiger partial charge in [0.1, 0.15) is 5.01 Å². The maximum absolute atomic E-state index is 5.39. The van der Waals surface area contributed by atoms with Crippen molar-refractivity contribution in [3.63, 3.8) is 0 Å². The van der Waals surface area contributed by atoms with Crippen LogP contribution in [0.15, 0.2) is 42.5 Å². The van der Waals surface area contributed by atoms with Crippen LogP contribution in [0.4, 0.5) is 5.69 Å². The summed E-state index contributed by atoms with van der Waals surface area (Å²) in [4.78, 5) is 2.80. The Kier molecular flexibility index (Phi) is 4.41. The van der Waals surface area contributed by atoms with Crippen LogP contribution in [0.1, 0.15) is 0 Å². The molecular formula is C19H19N5O2S. The number of benzene rings is 2. The molecule has 8 heteroatoms. The van der Waals surface area contributed by atoms with E-state index in [1.54, 1.807) is 18.7 Å². The van der Waals surface area contributed by atoms with Crippen LogP contribution in [0.2, 0.25) is 0 Å². The van der Waals surface area contributed by atoms with Gasteiger partial charge in [-0.3, -0.25) is 0 Å². The molecule has 2 aromatic heterocycles. The standard InChI is InChI=1S/C19H19N5O2S/c1-23(2)14-8-5-12(6-9-14)17-20-21-19-24(17)22-18(27-19)13-7-10-15(25-3)16(11-13)26-4/h5-11H,1-4H3. The minimum Gasteiger partial charge on any atom is -0.493 e. The Balaban J connectivity index is 1.74. The second-order valence-electron chi connectivity index (χ2n) is 6.14. The van der Waals surface area contributed by atoms with Crippen LogP contribution in [0.3, 0.4) is 0 Å².